The SMILES string of the molecule is COc1cccc(-c2noc(COC(=O)c3cc(C)oc3C)n2)c1. The Morgan fingerprint density at radius 2 is 2.08 bits per heavy atom. The third kappa shape index (κ3) is 3.29. The molecule has 0 atom stereocenters. The number of rotatable bonds is 5. The largest absolute Gasteiger partial charge is 0.497 e. The highest BCUT2D eigenvalue weighted by atomic mass is 16.6. The molecule has 0 aliphatic heterocycles. The smallest absolute Gasteiger partial charge is 0.342 e. The highest BCUT2D eigenvalue weighted by Gasteiger charge is 2.17. The van der Waals surface area contributed by atoms with Crippen LogP contribution in [0.2, 0.25) is 0 Å². The van der Waals surface area contributed by atoms with E-state index in [-0.39, 0.29) is 12.5 Å². The van der Waals surface area contributed by atoms with Crippen molar-refractivity contribution in [2.75, 3.05) is 7.11 Å². The van der Waals surface area contributed by atoms with Crippen LogP contribution in [-0.2, 0) is 11.3 Å². The van der Waals surface area contributed by atoms with Gasteiger partial charge in [0.2, 0.25) is 5.82 Å². The average molecular weight is 328 g/mol. The van der Waals surface area contributed by atoms with Gasteiger partial charge < -0.3 is 18.4 Å². The first-order valence-electron chi connectivity index (χ1n) is 7.28. The summed E-state index contributed by atoms with van der Waals surface area (Å²) < 4.78 is 20.8. The molecule has 2 aromatic heterocycles. The van der Waals surface area contributed by atoms with Gasteiger partial charge in [-0.2, -0.15) is 4.98 Å². The molecule has 0 fully saturated rings. The van der Waals surface area contributed by atoms with Crippen LogP contribution in [0.3, 0.4) is 0 Å². The number of furan rings is 1. The van der Waals surface area contributed by atoms with Gasteiger partial charge in [0.15, 0.2) is 6.61 Å². The van der Waals surface area contributed by atoms with E-state index in [2.05, 4.69) is 10.1 Å². The quantitative estimate of drug-likeness (QED) is 0.664. The normalized spacial score (nSPS) is 10.6. The Morgan fingerprint density at radius 1 is 1.25 bits per heavy atom. The minimum absolute atomic E-state index is 0.112. The highest BCUT2D eigenvalue weighted by molar-refractivity contribution is 5.90. The molecule has 0 saturated heterocycles. The van der Waals surface area contributed by atoms with Crippen molar-refractivity contribution >= 4 is 5.97 Å². The van der Waals surface area contributed by atoms with Crippen LogP contribution >= 0.6 is 0 Å². The summed E-state index contributed by atoms with van der Waals surface area (Å²) in [5.41, 5.74) is 1.14. The number of aromatic nitrogens is 2. The molecular formula is C17H16N2O5. The maximum atomic E-state index is 12.0. The monoisotopic (exact) mass is 328 g/mol. The average Bonchev–Trinajstić information content (AvgIpc) is 3.19. The minimum Gasteiger partial charge on any atom is -0.497 e. The number of carbonyl (C=O) groups is 1. The molecule has 24 heavy (non-hydrogen) atoms. The summed E-state index contributed by atoms with van der Waals surface area (Å²) in [6, 6.07) is 8.90. The molecule has 2 heterocycles. The molecular weight excluding hydrogens is 312 g/mol. The Kier molecular flexibility index (Phi) is 4.33. The molecule has 3 aromatic rings. The van der Waals surface area contributed by atoms with Crippen molar-refractivity contribution in [1.82, 2.24) is 10.1 Å². The molecule has 0 unspecified atom stereocenters. The van der Waals surface area contributed by atoms with Crippen molar-refractivity contribution < 1.29 is 23.2 Å². The zero-order valence-electron chi connectivity index (χ0n) is 13.5. The van der Waals surface area contributed by atoms with Crippen LogP contribution in [-0.4, -0.2) is 23.2 Å². The van der Waals surface area contributed by atoms with Gasteiger partial charge in [-0.05, 0) is 32.0 Å². The summed E-state index contributed by atoms with van der Waals surface area (Å²) in [7, 11) is 1.58. The predicted molar refractivity (Wildman–Crippen MR) is 83.6 cm³/mol. The Hall–Kier alpha value is -3.09. The molecule has 0 aliphatic rings. The number of methoxy groups -OCH3 is 1. The molecule has 7 nitrogen and oxygen atoms in total. The van der Waals surface area contributed by atoms with Crippen LogP contribution in [0.25, 0.3) is 11.4 Å². The number of benzene rings is 1. The van der Waals surface area contributed by atoms with Gasteiger partial charge >= 0.3 is 5.97 Å². The van der Waals surface area contributed by atoms with Crippen LogP contribution in [0.1, 0.15) is 27.8 Å². The number of hydrogen-bond acceptors (Lipinski definition) is 7. The Labute approximate surface area is 138 Å². The molecule has 0 spiro atoms. The summed E-state index contributed by atoms with van der Waals surface area (Å²) in [5, 5.41) is 3.88. The number of esters is 1. The first-order chi connectivity index (χ1) is 11.6. The lowest BCUT2D eigenvalue weighted by Crippen LogP contribution is -2.05. The van der Waals surface area contributed by atoms with Gasteiger partial charge in [0.1, 0.15) is 22.8 Å². The number of hydrogen-bond donors (Lipinski definition) is 0. The fourth-order valence-electron chi connectivity index (χ4n) is 2.23. The molecule has 0 amide bonds. The van der Waals surface area contributed by atoms with Crippen LogP contribution in [0, 0.1) is 13.8 Å². The molecule has 0 radical (unpaired) electrons. The fourth-order valence-corrected chi connectivity index (χ4v) is 2.23. The summed E-state index contributed by atoms with van der Waals surface area (Å²) in [4.78, 5) is 16.2. The second-order valence-corrected chi connectivity index (χ2v) is 5.15. The first kappa shape index (κ1) is 15.8. The standard InChI is InChI=1S/C17H16N2O5/c1-10-7-14(11(2)23-10)17(20)22-9-15-18-16(19-24-15)12-5-4-6-13(8-12)21-3/h4-8H,9H2,1-3H3. The Morgan fingerprint density at radius 3 is 2.79 bits per heavy atom. The Balaban J connectivity index is 1.68. The third-order valence-electron chi connectivity index (χ3n) is 3.38. The van der Waals surface area contributed by atoms with Crippen molar-refractivity contribution in [1.29, 1.82) is 0 Å². The van der Waals surface area contributed by atoms with Crippen molar-refractivity contribution in [2.45, 2.75) is 20.5 Å². The number of nitrogens with zero attached hydrogens (tertiary/aromatic N) is 2. The maximum Gasteiger partial charge on any atom is 0.342 e. The molecule has 0 bridgehead atoms. The van der Waals surface area contributed by atoms with E-state index >= 15 is 0 Å². The van der Waals surface area contributed by atoms with Crippen molar-refractivity contribution in [3.05, 3.63) is 53.3 Å². The van der Waals surface area contributed by atoms with Crippen LogP contribution in [0.5, 0.6) is 5.75 Å². The minimum atomic E-state index is -0.495. The van der Waals surface area contributed by atoms with Gasteiger partial charge in [-0.25, -0.2) is 4.79 Å². The number of ether oxygens (including phenoxy) is 2. The van der Waals surface area contributed by atoms with E-state index in [1.165, 1.54) is 0 Å². The fraction of sp³-hybridized carbons (Fsp3) is 0.235. The van der Waals surface area contributed by atoms with E-state index in [1.54, 1.807) is 33.1 Å². The summed E-state index contributed by atoms with van der Waals surface area (Å²) in [5.74, 6) is 1.97. The van der Waals surface area contributed by atoms with Gasteiger partial charge in [0.25, 0.3) is 5.89 Å². The topological polar surface area (TPSA) is 87.6 Å². The molecule has 0 aliphatic carbocycles. The zero-order chi connectivity index (χ0) is 17.1. The van der Waals surface area contributed by atoms with Gasteiger partial charge in [-0.1, -0.05) is 17.3 Å². The second-order valence-electron chi connectivity index (χ2n) is 5.15. The lowest BCUT2D eigenvalue weighted by atomic mass is 10.2. The highest BCUT2D eigenvalue weighted by Crippen LogP contribution is 2.21. The number of carbonyl (C=O) groups excluding carboxylic acids is 1. The van der Waals surface area contributed by atoms with Crippen molar-refractivity contribution in [2.24, 2.45) is 0 Å². The predicted octanol–water partition coefficient (Wildman–Crippen LogP) is 3.31. The Bertz CT molecular complexity index is 866. The molecule has 0 N–H and O–H groups in total. The molecule has 3 rings (SSSR count). The van der Waals surface area contributed by atoms with E-state index in [9.17, 15) is 4.79 Å². The van der Waals surface area contributed by atoms with E-state index in [1.807, 2.05) is 18.2 Å². The lowest BCUT2D eigenvalue weighted by Gasteiger charge is -2.00. The van der Waals surface area contributed by atoms with E-state index in [4.69, 9.17) is 18.4 Å². The van der Waals surface area contributed by atoms with Crippen molar-refractivity contribution in [3.63, 3.8) is 0 Å². The lowest BCUT2D eigenvalue weighted by molar-refractivity contribution is 0.0428. The van der Waals surface area contributed by atoms with E-state index < -0.39 is 5.97 Å². The summed E-state index contributed by atoms with van der Waals surface area (Å²) in [6.45, 7) is 3.36. The van der Waals surface area contributed by atoms with Crippen LogP contribution in [0.4, 0.5) is 0 Å². The van der Waals surface area contributed by atoms with Crippen LogP contribution in [0.15, 0.2) is 39.3 Å². The maximum absolute atomic E-state index is 12.0. The van der Waals surface area contributed by atoms with Gasteiger partial charge in [-0.15, -0.1) is 0 Å². The van der Waals surface area contributed by atoms with Gasteiger partial charge in [0, 0.05) is 5.56 Å². The van der Waals surface area contributed by atoms with Gasteiger partial charge in [-0.3, -0.25) is 0 Å². The summed E-state index contributed by atoms with van der Waals surface area (Å²) in [6.07, 6.45) is 0. The van der Waals surface area contributed by atoms with E-state index in [0.717, 1.165) is 5.56 Å². The zero-order valence-corrected chi connectivity index (χ0v) is 13.5. The molecule has 124 valence electrons. The van der Waals surface area contributed by atoms with Gasteiger partial charge in [0.05, 0.1) is 7.11 Å². The molecule has 1 aromatic carbocycles. The summed E-state index contributed by atoms with van der Waals surface area (Å²) >= 11 is 0. The molecule has 0 saturated carbocycles. The van der Waals surface area contributed by atoms with Crippen molar-refractivity contribution in [3.8, 4) is 17.1 Å². The second kappa shape index (κ2) is 6.57. The van der Waals surface area contributed by atoms with Crippen LogP contribution < -0.4 is 4.74 Å². The third-order valence-corrected chi connectivity index (χ3v) is 3.38. The molecule has 7 heteroatoms. The number of aryl methyl sites for hydroxylation is 2. The van der Waals surface area contributed by atoms with E-state index in [0.29, 0.717) is 28.7 Å². The first-order valence-corrected chi connectivity index (χ1v) is 7.28.